The third kappa shape index (κ3) is 7.40. The SMILES string of the molecule is CCNC(=NCCN(CC)CC)NC1CCN(c2ccccc2)C1.I. The number of nitrogens with one attached hydrogen (secondary N) is 2. The minimum atomic E-state index is 0. The number of likely N-dealkylation sites (N-methyl/N-ethyl adjacent to an activating group) is 1. The molecular weight excluding hydrogens is 425 g/mol. The Morgan fingerprint density at radius 3 is 2.56 bits per heavy atom. The highest BCUT2D eigenvalue weighted by Crippen LogP contribution is 2.19. The lowest BCUT2D eigenvalue weighted by Gasteiger charge is -2.21. The molecule has 6 heteroatoms. The quantitative estimate of drug-likeness (QED) is 0.357. The van der Waals surface area contributed by atoms with Crippen molar-refractivity contribution in [2.75, 3.05) is 50.7 Å². The van der Waals surface area contributed by atoms with Crippen LogP contribution in [0.1, 0.15) is 27.2 Å². The van der Waals surface area contributed by atoms with E-state index in [1.807, 2.05) is 0 Å². The molecule has 142 valence electrons. The van der Waals surface area contributed by atoms with E-state index in [1.165, 1.54) is 5.69 Å². The van der Waals surface area contributed by atoms with E-state index in [9.17, 15) is 0 Å². The van der Waals surface area contributed by atoms with E-state index in [-0.39, 0.29) is 24.0 Å². The molecule has 1 unspecified atom stereocenters. The van der Waals surface area contributed by atoms with Gasteiger partial charge in [-0.05, 0) is 38.6 Å². The van der Waals surface area contributed by atoms with E-state index in [0.717, 1.165) is 58.2 Å². The van der Waals surface area contributed by atoms with Gasteiger partial charge in [0.1, 0.15) is 0 Å². The van der Waals surface area contributed by atoms with Gasteiger partial charge in [-0.15, -0.1) is 24.0 Å². The van der Waals surface area contributed by atoms with Crippen LogP contribution in [0.3, 0.4) is 0 Å². The topological polar surface area (TPSA) is 42.9 Å². The molecule has 2 rings (SSSR count). The van der Waals surface area contributed by atoms with Crippen molar-refractivity contribution in [3.8, 4) is 0 Å². The maximum absolute atomic E-state index is 4.74. The molecule has 0 aromatic heterocycles. The molecule has 0 amide bonds. The molecule has 5 nitrogen and oxygen atoms in total. The van der Waals surface area contributed by atoms with Crippen LogP contribution in [0.4, 0.5) is 5.69 Å². The number of benzene rings is 1. The molecule has 2 N–H and O–H groups in total. The monoisotopic (exact) mass is 459 g/mol. The Kier molecular flexibility index (Phi) is 10.9. The van der Waals surface area contributed by atoms with Crippen LogP contribution >= 0.6 is 24.0 Å². The van der Waals surface area contributed by atoms with Crippen molar-refractivity contribution < 1.29 is 0 Å². The molecule has 1 saturated heterocycles. The van der Waals surface area contributed by atoms with Crippen molar-refractivity contribution in [1.29, 1.82) is 0 Å². The summed E-state index contributed by atoms with van der Waals surface area (Å²) in [6.07, 6.45) is 1.15. The molecule has 0 radical (unpaired) electrons. The minimum Gasteiger partial charge on any atom is -0.369 e. The Morgan fingerprint density at radius 1 is 1.20 bits per heavy atom. The summed E-state index contributed by atoms with van der Waals surface area (Å²) in [7, 11) is 0. The molecule has 1 aromatic rings. The molecule has 0 bridgehead atoms. The second-order valence-corrected chi connectivity index (χ2v) is 6.20. The molecule has 0 spiro atoms. The second-order valence-electron chi connectivity index (χ2n) is 6.20. The van der Waals surface area contributed by atoms with Crippen molar-refractivity contribution in [3.63, 3.8) is 0 Å². The molecule has 1 atom stereocenters. The van der Waals surface area contributed by atoms with E-state index in [0.29, 0.717) is 6.04 Å². The fourth-order valence-corrected chi connectivity index (χ4v) is 3.11. The first kappa shape index (κ1) is 22.0. The van der Waals surface area contributed by atoms with E-state index in [1.54, 1.807) is 0 Å². The van der Waals surface area contributed by atoms with Crippen LogP contribution in [-0.2, 0) is 0 Å². The zero-order valence-electron chi connectivity index (χ0n) is 15.9. The number of halogens is 1. The lowest BCUT2D eigenvalue weighted by atomic mass is 10.3. The summed E-state index contributed by atoms with van der Waals surface area (Å²) >= 11 is 0. The van der Waals surface area contributed by atoms with Gasteiger partial charge in [0.05, 0.1) is 6.54 Å². The number of nitrogens with zero attached hydrogens (tertiary/aromatic N) is 3. The van der Waals surface area contributed by atoms with E-state index in [2.05, 4.69) is 71.5 Å². The lowest BCUT2D eigenvalue weighted by molar-refractivity contribution is 0.313. The number of para-hydroxylation sites is 1. The van der Waals surface area contributed by atoms with Crippen LogP contribution < -0.4 is 15.5 Å². The Morgan fingerprint density at radius 2 is 1.92 bits per heavy atom. The van der Waals surface area contributed by atoms with Gasteiger partial charge < -0.3 is 20.4 Å². The number of rotatable bonds is 8. The zero-order valence-corrected chi connectivity index (χ0v) is 18.2. The normalized spacial score (nSPS) is 17.5. The molecule has 1 fully saturated rings. The fourth-order valence-electron chi connectivity index (χ4n) is 3.11. The zero-order chi connectivity index (χ0) is 17.2. The van der Waals surface area contributed by atoms with Crippen LogP contribution in [0.5, 0.6) is 0 Å². The Balaban J connectivity index is 0.00000312. The van der Waals surface area contributed by atoms with Crippen molar-refractivity contribution in [3.05, 3.63) is 30.3 Å². The highest BCUT2D eigenvalue weighted by atomic mass is 127. The van der Waals surface area contributed by atoms with Crippen LogP contribution in [0.25, 0.3) is 0 Å². The Hall–Kier alpha value is -1.02. The largest absolute Gasteiger partial charge is 0.369 e. The van der Waals surface area contributed by atoms with Gasteiger partial charge in [0.25, 0.3) is 0 Å². The summed E-state index contributed by atoms with van der Waals surface area (Å²) in [6, 6.07) is 11.1. The average Bonchev–Trinajstić information content (AvgIpc) is 3.08. The van der Waals surface area contributed by atoms with Gasteiger partial charge in [-0.2, -0.15) is 0 Å². The smallest absolute Gasteiger partial charge is 0.191 e. The first-order chi connectivity index (χ1) is 11.8. The highest BCUT2D eigenvalue weighted by Gasteiger charge is 2.23. The standard InChI is InChI=1S/C19H33N5.HI/c1-4-20-19(21-13-15-23(5-2)6-3)22-17-12-14-24(16-17)18-10-8-7-9-11-18;/h7-11,17H,4-6,12-16H2,1-3H3,(H2,20,21,22);1H. The highest BCUT2D eigenvalue weighted by molar-refractivity contribution is 14.0. The predicted octanol–water partition coefficient (Wildman–Crippen LogP) is 2.78. The van der Waals surface area contributed by atoms with Gasteiger partial charge >= 0.3 is 0 Å². The summed E-state index contributed by atoms with van der Waals surface area (Å²) in [6.45, 7) is 13.6. The summed E-state index contributed by atoms with van der Waals surface area (Å²) in [5.41, 5.74) is 1.31. The summed E-state index contributed by atoms with van der Waals surface area (Å²) in [5.74, 6) is 0.949. The number of hydrogen-bond donors (Lipinski definition) is 2. The number of guanidine groups is 1. The van der Waals surface area contributed by atoms with E-state index in [4.69, 9.17) is 4.99 Å². The van der Waals surface area contributed by atoms with Gasteiger partial charge in [0.2, 0.25) is 0 Å². The van der Waals surface area contributed by atoms with Gasteiger partial charge in [-0.3, -0.25) is 4.99 Å². The Bertz CT molecular complexity index is 490. The first-order valence-corrected chi connectivity index (χ1v) is 9.34. The van der Waals surface area contributed by atoms with E-state index < -0.39 is 0 Å². The molecule has 0 saturated carbocycles. The molecule has 1 aliphatic heterocycles. The number of hydrogen-bond acceptors (Lipinski definition) is 3. The summed E-state index contributed by atoms with van der Waals surface area (Å²) in [4.78, 5) is 9.59. The van der Waals surface area contributed by atoms with Crippen molar-refractivity contribution in [1.82, 2.24) is 15.5 Å². The maximum Gasteiger partial charge on any atom is 0.191 e. The maximum atomic E-state index is 4.74. The lowest BCUT2D eigenvalue weighted by Crippen LogP contribution is -2.45. The molecular formula is C19H34IN5. The Labute approximate surface area is 170 Å². The fraction of sp³-hybridized carbons (Fsp3) is 0.632. The summed E-state index contributed by atoms with van der Waals surface area (Å²) < 4.78 is 0. The molecule has 1 aromatic carbocycles. The number of anilines is 1. The van der Waals surface area contributed by atoms with Gasteiger partial charge in [0.15, 0.2) is 5.96 Å². The number of aliphatic imine (C=N–C) groups is 1. The third-order valence-corrected chi connectivity index (χ3v) is 4.58. The second kappa shape index (κ2) is 12.4. The molecule has 1 aliphatic rings. The molecule has 0 aliphatic carbocycles. The van der Waals surface area contributed by atoms with E-state index >= 15 is 0 Å². The van der Waals surface area contributed by atoms with Crippen molar-refractivity contribution in [2.24, 2.45) is 4.99 Å². The third-order valence-electron chi connectivity index (χ3n) is 4.58. The van der Waals surface area contributed by atoms with Crippen molar-refractivity contribution >= 4 is 35.6 Å². The van der Waals surface area contributed by atoms with Gasteiger partial charge in [-0.1, -0.05) is 32.0 Å². The first-order valence-electron chi connectivity index (χ1n) is 9.34. The van der Waals surface area contributed by atoms with Crippen LogP contribution in [0.2, 0.25) is 0 Å². The summed E-state index contributed by atoms with van der Waals surface area (Å²) in [5, 5.41) is 6.98. The predicted molar refractivity (Wildman–Crippen MR) is 119 cm³/mol. The molecule has 25 heavy (non-hydrogen) atoms. The van der Waals surface area contributed by atoms with Crippen LogP contribution in [-0.4, -0.2) is 62.7 Å². The minimum absolute atomic E-state index is 0. The van der Waals surface area contributed by atoms with Gasteiger partial charge in [0, 0.05) is 37.9 Å². The van der Waals surface area contributed by atoms with Crippen LogP contribution in [0.15, 0.2) is 35.3 Å². The van der Waals surface area contributed by atoms with Gasteiger partial charge in [-0.25, -0.2) is 0 Å². The van der Waals surface area contributed by atoms with Crippen molar-refractivity contribution in [2.45, 2.75) is 33.2 Å². The van der Waals surface area contributed by atoms with Crippen LogP contribution in [0, 0.1) is 0 Å². The molecule has 1 heterocycles. The average molecular weight is 459 g/mol.